The number of aliphatic imine (C=N–C) groups is 1. The molecule has 6 heteroatoms. The van der Waals surface area contributed by atoms with E-state index >= 15 is 0 Å². The fourth-order valence-electron chi connectivity index (χ4n) is 2.43. The Kier molecular flexibility index (Phi) is 5.69. The molecule has 1 fully saturated rings. The van der Waals surface area contributed by atoms with Crippen LogP contribution in [-0.2, 0) is 0 Å². The minimum absolute atomic E-state index is 0.151. The third kappa shape index (κ3) is 5.58. The molecule has 2 unspecified atom stereocenters. The van der Waals surface area contributed by atoms with E-state index in [0.29, 0.717) is 30.9 Å². The summed E-state index contributed by atoms with van der Waals surface area (Å²) in [5, 5.41) is 5.71. The van der Waals surface area contributed by atoms with Gasteiger partial charge in [-0.1, -0.05) is 30.3 Å². The highest BCUT2D eigenvalue weighted by Crippen LogP contribution is 2.47. The average Bonchev–Trinajstić information content (AvgIpc) is 3.24. The van der Waals surface area contributed by atoms with Crippen molar-refractivity contribution in [1.82, 2.24) is 10.6 Å². The third-order valence-electron chi connectivity index (χ3n) is 3.68. The van der Waals surface area contributed by atoms with Crippen molar-refractivity contribution >= 4 is 5.96 Å². The van der Waals surface area contributed by atoms with Crippen LogP contribution in [-0.4, -0.2) is 31.8 Å². The standard InChI is InChI=1S/C16H22F3N3/c1-2-20-15(21-9-8-16(17,18)19)22-11-13-10-14(13)12-6-4-3-5-7-12/h3-7,13-14H,2,8-11H2,1H3,(H2,20,21,22). The van der Waals surface area contributed by atoms with Crippen molar-refractivity contribution in [2.24, 2.45) is 10.9 Å². The van der Waals surface area contributed by atoms with Crippen LogP contribution in [0.4, 0.5) is 13.2 Å². The molecule has 22 heavy (non-hydrogen) atoms. The molecule has 0 radical (unpaired) electrons. The quantitative estimate of drug-likeness (QED) is 0.624. The van der Waals surface area contributed by atoms with Gasteiger partial charge in [-0.25, -0.2) is 0 Å². The molecule has 0 bridgehead atoms. The maximum absolute atomic E-state index is 12.2. The lowest BCUT2D eigenvalue weighted by Crippen LogP contribution is -2.39. The zero-order valence-corrected chi connectivity index (χ0v) is 12.7. The zero-order chi connectivity index (χ0) is 16.0. The molecular formula is C16H22F3N3. The molecule has 1 aromatic carbocycles. The zero-order valence-electron chi connectivity index (χ0n) is 12.7. The maximum Gasteiger partial charge on any atom is 0.390 e. The highest BCUT2D eigenvalue weighted by atomic mass is 19.4. The fraction of sp³-hybridized carbons (Fsp3) is 0.562. The van der Waals surface area contributed by atoms with E-state index in [9.17, 15) is 13.2 Å². The van der Waals surface area contributed by atoms with E-state index in [1.165, 1.54) is 5.56 Å². The predicted molar refractivity (Wildman–Crippen MR) is 81.9 cm³/mol. The molecule has 2 N–H and O–H groups in total. The number of guanidine groups is 1. The molecule has 0 aromatic heterocycles. The smallest absolute Gasteiger partial charge is 0.357 e. The van der Waals surface area contributed by atoms with E-state index in [1.54, 1.807) is 0 Å². The van der Waals surface area contributed by atoms with Crippen LogP contribution in [0.5, 0.6) is 0 Å². The average molecular weight is 313 g/mol. The Morgan fingerprint density at radius 1 is 1.23 bits per heavy atom. The normalized spacial score (nSPS) is 21.5. The lowest BCUT2D eigenvalue weighted by Gasteiger charge is -2.12. The van der Waals surface area contributed by atoms with Gasteiger partial charge in [-0.15, -0.1) is 0 Å². The minimum Gasteiger partial charge on any atom is -0.357 e. The number of benzene rings is 1. The topological polar surface area (TPSA) is 36.4 Å². The largest absolute Gasteiger partial charge is 0.390 e. The van der Waals surface area contributed by atoms with Crippen LogP contribution in [0.25, 0.3) is 0 Å². The van der Waals surface area contributed by atoms with Crippen LogP contribution in [0.15, 0.2) is 35.3 Å². The van der Waals surface area contributed by atoms with Gasteiger partial charge < -0.3 is 10.6 Å². The first-order chi connectivity index (χ1) is 10.5. The van der Waals surface area contributed by atoms with Gasteiger partial charge in [0.05, 0.1) is 6.42 Å². The first kappa shape index (κ1) is 16.6. The number of alkyl halides is 3. The van der Waals surface area contributed by atoms with Crippen molar-refractivity contribution in [1.29, 1.82) is 0 Å². The van der Waals surface area contributed by atoms with Gasteiger partial charge >= 0.3 is 6.18 Å². The summed E-state index contributed by atoms with van der Waals surface area (Å²) in [6.07, 6.45) is -3.90. The number of hydrogen-bond acceptors (Lipinski definition) is 1. The van der Waals surface area contributed by atoms with E-state index in [4.69, 9.17) is 0 Å². The molecule has 2 rings (SSSR count). The molecule has 1 aliphatic carbocycles. The van der Waals surface area contributed by atoms with Gasteiger partial charge in [-0.2, -0.15) is 13.2 Å². The van der Waals surface area contributed by atoms with Crippen molar-refractivity contribution in [3.05, 3.63) is 35.9 Å². The Morgan fingerprint density at radius 3 is 2.59 bits per heavy atom. The van der Waals surface area contributed by atoms with Crippen molar-refractivity contribution < 1.29 is 13.2 Å². The Balaban J connectivity index is 1.79. The molecule has 3 nitrogen and oxygen atoms in total. The monoisotopic (exact) mass is 313 g/mol. The van der Waals surface area contributed by atoms with Gasteiger partial charge in [0.25, 0.3) is 0 Å². The first-order valence-corrected chi connectivity index (χ1v) is 7.63. The number of nitrogens with zero attached hydrogens (tertiary/aromatic N) is 1. The van der Waals surface area contributed by atoms with Crippen molar-refractivity contribution in [3.8, 4) is 0 Å². The molecule has 0 amide bonds. The second-order valence-electron chi connectivity index (χ2n) is 5.52. The fourth-order valence-corrected chi connectivity index (χ4v) is 2.43. The molecule has 0 spiro atoms. The molecule has 2 atom stereocenters. The van der Waals surface area contributed by atoms with Gasteiger partial charge in [0.1, 0.15) is 0 Å². The number of halogens is 3. The van der Waals surface area contributed by atoms with Crippen LogP contribution in [0.3, 0.4) is 0 Å². The summed E-state index contributed by atoms with van der Waals surface area (Å²) in [6.45, 7) is 3.01. The predicted octanol–water partition coefficient (Wildman–Crippen LogP) is 3.30. The summed E-state index contributed by atoms with van der Waals surface area (Å²) in [6, 6.07) is 10.3. The van der Waals surface area contributed by atoms with E-state index in [0.717, 1.165) is 6.42 Å². The van der Waals surface area contributed by atoms with E-state index in [-0.39, 0.29) is 6.54 Å². The molecule has 1 saturated carbocycles. The Labute approximate surface area is 129 Å². The van der Waals surface area contributed by atoms with Crippen molar-refractivity contribution in [3.63, 3.8) is 0 Å². The van der Waals surface area contributed by atoms with Crippen LogP contribution >= 0.6 is 0 Å². The van der Waals surface area contributed by atoms with Gasteiger partial charge in [-0.05, 0) is 30.7 Å². The minimum atomic E-state index is -4.14. The lowest BCUT2D eigenvalue weighted by atomic mass is 10.1. The summed E-state index contributed by atoms with van der Waals surface area (Å²) in [5.41, 5.74) is 1.32. The third-order valence-corrected chi connectivity index (χ3v) is 3.68. The van der Waals surface area contributed by atoms with Gasteiger partial charge in [-0.3, -0.25) is 4.99 Å². The van der Waals surface area contributed by atoms with E-state index in [1.807, 2.05) is 25.1 Å². The number of hydrogen-bond donors (Lipinski definition) is 2. The SMILES string of the molecule is CCNC(=NCC1CC1c1ccccc1)NCCC(F)(F)F. The molecule has 1 aliphatic rings. The van der Waals surface area contributed by atoms with Gasteiger partial charge in [0.2, 0.25) is 0 Å². The van der Waals surface area contributed by atoms with Crippen LogP contribution in [0.2, 0.25) is 0 Å². The molecule has 122 valence electrons. The van der Waals surface area contributed by atoms with Crippen LogP contribution in [0.1, 0.15) is 31.2 Å². The Bertz CT molecular complexity index is 485. The Hall–Kier alpha value is -1.72. The van der Waals surface area contributed by atoms with Crippen LogP contribution < -0.4 is 10.6 Å². The summed E-state index contributed by atoms with van der Waals surface area (Å²) >= 11 is 0. The molecule has 0 saturated heterocycles. The molecule has 1 aromatic rings. The second-order valence-corrected chi connectivity index (χ2v) is 5.52. The highest BCUT2D eigenvalue weighted by Gasteiger charge is 2.37. The Morgan fingerprint density at radius 2 is 1.95 bits per heavy atom. The first-order valence-electron chi connectivity index (χ1n) is 7.63. The second kappa shape index (κ2) is 7.51. The van der Waals surface area contributed by atoms with Crippen LogP contribution in [0, 0.1) is 5.92 Å². The summed E-state index contributed by atoms with van der Waals surface area (Å²) in [5.74, 6) is 1.48. The lowest BCUT2D eigenvalue weighted by molar-refractivity contribution is -0.132. The highest BCUT2D eigenvalue weighted by molar-refractivity contribution is 5.79. The number of nitrogens with one attached hydrogen (secondary N) is 2. The molecule has 0 aliphatic heterocycles. The van der Waals surface area contributed by atoms with E-state index in [2.05, 4.69) is 27.8 Å². The summed E-state index contributed by atoms with van der Waals surface area (Å²) < 4.78 is 36.5. The van der Waals surface area contributed by atoms with E-state index < -0.39 is 12.6 Å². The molecular weight excluding hydrogens is 291 g/mol. The summed E-state index contributed by atoms with van der Waals surface area (Å²) in [7, 11) is 0. The van der Waals surface area contributed by atoms with Crippen molar-refractivity contribution in [2.75, 3.05) is 19.6 Å². The summed E-state index contributed by atoms with van der Waals surface area (Å²) in [4.78, 5) is 4.40. The van der Waals surface area contributed by atoms with Crippen molar-refractivity contribution in [2.45, 2.75) is 31.9 Å². The van der Waals surface area contributed by atoms with Gasteiger partial charge in [0.15, 0.2) is 5.96 Å². The number of rotatable bonds is 6. The van der Waals surface area contributed by atoms with Gasteiger partial charge in [0, 0.05) is 19.6 Å². The maximum atomic E-state index is 12.2. The molecule has 0 heterocycles.